The lowest BCUT2D eigenvalue weighted by Crippen LogP contribution is -2.37. The summed E-state index contributed by atoms with van der Waals surface area (Å²) in [5.41, 5.74) is 0.193. The first-order chi connectivity index (χ1) is 7.46. The Balaban J connectivity index is 1.79. The summed E-state index contributed by atoms with van der Waals surface area (Å²) in [5.74, 6) is 1.54. The number of aromatic nitrogens is 2. The summed E-state index contributed by atoms with van der Waals surface area (Å²) < 4.78 is 0. The van der Waals surface area contributed by atoms with Crippen molar-refractivity contribution in [2.45, 2.75) is 52.0 Å². The van der Waals surface area contributed by atoms with Gasteiger partial charge in [0.25, 0.3) is 0 Å². The van der Waals surface area contributed by atoms with Crippen LogP contribution in [-0.2, 0) is 6.42 Å². The number of nitrogens with one attached hydrogen (secondary N) is 1. The van der Waals surface area contributed by atoms with Gasteiger partial charge in [0.05, 0.1) is 0 Å². The zero-order valence-electron chi connectivity index (χ0n) is 10.6. The van der Waals surface area contributed by atoms with E-state index in [0.717, 1.165) is 18.9 Å². The monoisotopic (exact) mass is 239 g/mol. The molecule has 0 aromatic carbocycles. The van der Waals surface area contributed by atoms with Crippen molar-refractivity contribution in [2.75, 3.05) is 6.54 Å². The molecule has 0 spiro atoms. The van der Waals surface area contributed by atoms with Crippen molar-refractivity contribution >= 4 is 11.3 Å². The maximum atomic E-state index is 4.28. The van der Waals surface area contributed by atoms with Gasteiger partial charge >= 0.3 is 0 Å². The zero-order chi connectivity index (χ0) is 11.8. The van der Waals surface area contributed by atoms with E-state index in [9.17, 15) is 0 Å². The Labute approximate surface area is 102 Å². The smallest absolute Gasteiger partial charge is 0.120 e. The van der Waals surface area contributed by atoms with Gasteiger partial charge in [0.15, 0.2) is 0 Å². The predicted molar refractivity (Wildman–Crippen MR) is 67.9 cm³/mol. The van der Waals surface area contributed by atoms with Crippen LogP contribution in [0.4, 0.5) is 0 Å². The average molecular weight is 239 g/mol. The normalized spacial score (nSPS) is 24.8. The summed E-state index contributed by atoms with van der Waals surface area (Å²) >= 11 is 1.80. The summed E-state index contributed by atoms with van der Waals surface area (Å²) in [5, 5.41) is 14.4. The number of hydrogen-bond acceptors (Lipinski definition) is 4. The fourth-order valence-corrected chi connectivity index (χ4v) is 2.82. The summed E-state index contributed by atoms with van der Waals surface area (Å²) in [6, 6.07) is 0. The molecule has 0 aliphatic heterocycles. The van der Waals surface area contributed by atoms with Crippen LogP contribution in [0.1, 0.15) is 50.0 Å². The Morgan fingerprint density at radius 1 is 1.38 bits per heavy atom. The lowest BCUT2D eigenvalue weighted by molar-refractivity contribution is 0.429. The molecule has 1 aromatic heterocycles. The highest BCUT2D eigenvalue weighted by atomic mass is 32.1. The summed E-state index contributed by atoms with van der Waals surface area (Å²) in [7, 11) is 0. The standard InChI is InChI=1S/C12H21N3S/c1-8-7-9(8)11-15-14-10(16-11)5-6-13-12(2,3)4/h8-9,13H,5-7H2,1-4H3. The second-order valence-electron chi connectivity index (χ2n) is 5.78. The molecule has 1 aliphatic carbocycles. The first kappa shape index (κ1) is 12.0. The van der Waals surface area contributed by atoms with Gasteiger partial charge in [-0.3, -0.25) is 0 Å². The van der Waals surface area contributed by atoms with Gasteiger partial charge in [0.2, 0.25) is 0 Å². The summed E-state index contributed by atoms with van der Waals surface area (Å²) in [6.45, 7) is 9.82. The molecule has 2 rings (SSSR count). The van der Waals surface area contributed by atoms with Crippen LogP contribution in [0.2, 0.25) is 0 Å². The maximum absolute atomic E-state index is 4.28. The van der Waals surface area contributed by atoms with Crippen molar-refractivity contribution < 1.29 is 0 Å². The van der Waals surface area contributed by atoms with Crippen molar-refractivity contribution in [1.29, 1.82) is 0 Å². The minimum absolute atomic E-state index is 0.193. The van der Waals surface area contributed by atoms with Crippen LogP contribution >= 0.6 is 11.3 Å². The number of nitrogens with zero attached hydrogens (tertiary/aromatic N) is 2. The Bertz CT molecular complexity index is 353. The average Bonchev–Trinajstić information content (AvgIpc) is 2.72. The van der Waals surface area contributed by atoms with E-state index in [1.807, 2.05) is 0 Å². The molecule has 0 radical (unpaired) electrons. The molecule has 1 fully saturated rings. The highest BCUT2D eigenvalue weighted by Gasteiger charge is 2.36. The largest absolute Gasteiger partial charge is 0.312 e. The second-order valence-corrected chi connectivity index (χ2v) is 6.87. The molecule has 0 amide bonds. The highest BCUT2D eigenvalue weighted by Crippen LogP contribution is 2.47. The first-order valence-electron chi connectivity index (χ1n) is 6.03. The lowest BCUT2D eigenvalue weighted by Gasteiger charge is -2.19. The van der Waals surface area contributed by atoms with Crippen LogP contribution in [0, 0.1) is 5.92 Å². The highest BCUT2D eigenvalue weighted by molar-refractivity contribution is 7.11. The van der Waals surface area contributed by atoms with Crippen LogP contribution in [0.5, 0.6) is 0 Å². The molecule has 0 bridgehead atoms. The predicted octanol–water partition coefficient (Wildman–Crippen LogP) is 2.59. The fourth-order valence-electron chi connectivity index (χ4n) is 1.73. The fraction of sp³-hybridized carbons (Fsp3) is 0.833. The van der Waals surface area contributed by atoms with Crippen molar-refractivity contribution in [2.24, 2.45) is 5.92 Å². The van der Waals surface area contributed by atoms with Gasteiger partial charge in [0, 0.05) is 24.4 Å². The summed E-state index contributed by atoms with van der Waals surface area (Å²) in [4.78, 5) is 0. The zero-order valence-corrected chi connectivity index (χ0v) is 11.4. The van der Waals surface area contributed by atoms with Crippen LogP contribution in [0.25, 0.3) is 0 Å². The molecule has 90 valence electrons. The molecular weight excluding hydrogens is 218 g/mol. The van der Waals surface area contributed by atoms with Crippen molar-refractivity contribution in [3.8, 4) is 0 Å². The van der Waals surface area contributed by atoms with E-state index >= 15 is 0 Å². The SMILES string of the molecule is CC1CC1c1nnc(CCNC(C)(C)C)s1. The molecule has 1 aromatic rings. The number of hydrogen-bond donors (Lipinski definition) is 1. The first-order valence-corrected chi connectivity index (χ1v) is 6.84. The molecule has 0 saturated heterocycles. The molecular formula is C12H21N3S. The molecule has 1 aliphatic rings. The minimum atomic E-state index is 0.193. The van der Waals surface area contributed by atoms with E-state index in [4.69, 9.17) is 0 Å². The van der Waals surface area contributed by atoms with Crippen molar-refractivity contribution in [3.05, 3.63) is 10.0 Å². The Morgan fingerprint density at radius 3 is 2.62 bits per heavy atom. The van der Waals surface area contributed by atoms with E-state index in [1.54, 1.807) is 11.3 Å². The summed E-state index contributed by atoms with van der Waals surface area (Å²) in [6.07, 6.45) is 2.30. The third-order valence-corrected chi connectivity index (χ3v) is 4.02. The van der Waals surface area contributed by atoms with Gasteiger partial charge in [-0.1, -0.05) is 6.92 Å². The minimum Gasteiger partial charge on any atom is -0.312 e. The van der Waals surface area contributed by atoms with Crippen molar-refractivity contribution in [1.82, 2.24) is 15.5 Å². The van der Waals surface area contributed by atoms with Crippen LogP contribution in [-0.4, -0.2) is 22.3 Å². The lowest BCUT2D eigenvalue weighted by atomic mass is 10.1. The van der Waals surface area contributed by atoms with E-state index in [1.165, 1.54) is 16.4 Å². The molecule has 1 N–H and O–H groups in total. The number of rotatable bonds is 4. The van der Waals surface area contributed by atoms with Gasteiger partial charge in [-0.2, -0.15) is 0 Å². The molecule has 2 atom stereocenters. The molecule has 4 heteroatoms. The second kappa shape index (κ2) is 4.41. The Morgan fingerprint density at radius 2 is 2.06 bits per heavy atom. The Hall–Kier alpha value is -0.480. The van der Waals surface area contributed by atoms with Crippen LogP contribution in [0.15, 0.2) is 0 Å². The third kappa shape index (κ3) is 3.25. The van der Waals surface area contributed by atoms with Gasteiger partial charge in [-0.15, -0.1) is 21.5 Å². The van der Waals surface area contributed by atoms with E-state index in [2.05, 4.69) is 43.2 Å². The van der Waals surface area contributed by atoms with Gasteiger partial charge < -0.3 is 5.32 Å². The quantitative estimate of drug-likeness (QED) is 0.877. The maximum Gasteiger partial charge on any atom is 0.120 e. The molecule has 2 unspecified atom stereocenters. The van der Waals surface area contributed by atoms with E-state index < -0.39 is 0 Å². The van der Waals surface area contributed by atoms with E-state index in [0.29, 0.717) is 5.92 Å². The van der Waals surface area contributed by atoms with Gasteiger partial charge in [-0.05, 0) is 33.1 Å². The Kier molecular flexibility index (Phi) is 3.31. The molecule has 1 saturated carbocycles. The van der Waals surface area contributed by atoms with Gasteiger partial charge in [0.1, 0.15) is 10.0 Å². The van der Waals surface area contributed by atoms with Crippen LogP contribution in [0.3, 0.4) is 0 Å². The molecule has 1 heterocycles. The third-order valence-electron chi connectivity index (χ3n) is 2.90. The molecule has 16 heavy (non-hydrogen) atoms. The van der Waals surface area contributed by atoms with Gasteiger partial charge in [-0.25, -0.2) is 0 Å². The van der Waals surface area contributed by atoms with E-state index in [-0.39, 0.29) is 5.54 Å². The van der Waals surface area contributed by atoms with Crippen molar-refractivity contribution in [3.63, 3.8) is 0 Å². The molecule has 3 nitrogen and oxygen atoms in total. The van der Waals surface area contributed by atoms with Crippen LogP contribution < -0.4 is 5.32 Å². The topological polar surface area (TPSA) is 37.8 Å².